The van der Waals surface area contributed by atoms with Gasteiger partial charge >= 0.3 is 0 Å². The molecule has 1 fully saturated rings. The summed E-state index contributed by atoms with van der Waals surface area (Å²) in [6.07, 6.45) is 3.33. The molecule has 1 saturated heterocycles. The molecule has 2 aromatic carbocycles. The molecule has 2 aromatic rings. The summed E-state index contributed by atoms with van der Waals surface area (Å²) in [6, 6.07) is 11.6. The first-order valence-electron chi connectivity index (χ1n) is 10.6. The van der Waals surface area contributed by atoms with E-state index in [0.717, 1.165) is 48.6 Å². The van der Waals surface area contributed by atoms with Crippen LogP contribution in [0.3, 0.4) is 0 Å². The van der Waals surface area contributed by atoms with Gasteiger partial charge in [-0.25, -0.2) is 0 Å². The topological polar surface area (TPSA) is 32.8 Å². The lowest BCUT2D eigenvalue weighted by atomic mass is 10.0. The molecule has 0 N–H and O–H groups in total. The second-order valence-electron chi connectivity index (χ2n) is 7.84. The van der Waals surface area contributed by atoms with E-state index in [1.54, 1.807) is 13.0 Å². The molecule has 0 bridgehead atoms. The van der Waals surface area contributed by atoms with E-state index in [2.05, 4.69) is 24.0 Å². The number of nitrogens with zero attached hydrogens (tertiary/aromatic N) is 2. The third-order valence-electron chi connectivity index (χ3n) is 5.57. The first-order chi connectivity index (χ1) is 14.4. The molecule has 1 amide bonds. The fraction of sp³-hybridized carbons (Fsp3) is 0.458. The van der Waals surface area contributed by atoms with Crippen LogP contribution in [0, 0.1) is 6.92 Å². The minimum atomic E-state index is -0.151. The maximum absolute atomic E-state index is 12.9. The van der Waals surface area contributed by atoms with Crippen molar-refractivity contribution in [3.8, 4) is 5.75 Å². The quantitative estimate of drug-likeness (QED) is 0.476. The van der Waals surface area contributed by atoms with Crippen molar-refractivity contribution in [2.45, 2.75) is 46.1 Å². The van der Waals surface area contributed by atoms with Crippen LogP contribution in [0.2, 0.25) is 10.0 Å². The summed E-state index contributed by atoms with van der Waals surface area (Å²) in [7, 11) is 0. The average Bonchev–Trinajstić information content (AvgIpc) is 3.25. The van der Waals surface area contributed by atoms with Crippen molar-refractivity contribution in [3.05, 3.63) is 57.6 Å². The Morgan fingerprint density at radius 3 is 2.60 bits per heavy atom. The molecule has 0 radical (unpaired) electrons. The predicted octanol–water partition coefficient (Wildman–Crippen LogP) is 6.28. The van der Waals surface area contributed by atoms with E-state index < -0.39 is 0 Å². The fourth-order valence-corrected chi connectivity index (χ4v) is 4.40. The highest BCUT2D eigenvalue weighted by molar-refractivity contribution is 6.42. The summed E-state index contributed by atoms with van der Waals surface area (Å²) in [6.45, 7) is 9.14. The standard InChI is InChI=1S/C24H30Cl2N2O2/c1-4-14-30-20-9-7-8-19(15-20)23(16-27-12-5-6-13-27)28(18(3)29)22-11-10-21(25)24(26)17(22)2/h7-11,15,23H,4-6,12-14,16H2,1-3H3. The summed E-state index contributed by atoms with van der Waals surface area (Å²) in [5.74, 6) is 0.802. The van der Waals surface area contributed by atoms with Crippen molar-refractivity contribution in [1.29, 1.82) is 0 Å². The molecule has 1 atom stereocenters. The monoisotopic (exact) mass is 448 g/mol. The molecule has 1 heterocycles. The molecule has 1 unspecified atom stereocenters. The van der Waals surface area contributed by atoms with Gasteiger partial charge in [0.05, 0.1) is 22.7 Å². The second kappa shape index (κ2) is 10.5. The molecule has 4 nitrogen and oxygen atoms in total. The number of likely N-dealkylation sites (tertiary alicyclic amines) is 1. The van der Waals surface area contributed by atoms with E-state index in [4.69, 9.17) is 27.9 Å². The Balaban J connectivity index is 2.05. The highest BCUT2D eigenvalue weighted by Gasteiger charge is 2.29. The zero-order valence-corrected chi connectivity index (χ0v) is 19.5. The molecule has 0 aromatic heterocycles. The smallest absolute Gasteiger partial charge is 0.224 e. The molecule has 0 spiro atoms. The summed E-state index contributed by atoms with van der Waals surface area (Å²) in [5.41, 5.74) is 2.65. The zero-order valence-electron chi connectivity index (χ0n) is 18.0. The number of benzene rings is 2. The van der Waals surface area contributed by atoms with E-state index in [-0.39, 0.29) is 11.9 Å². The van der Waals surface area contributed by atoms with Crippen molar-refractivity contribution >= 4 is 34.8 Å². The van der Waals surface area contributed by atoms with Crippen molar-refractivity contribution in [2.24, 2.45) is 0 Å². The van der Waals surface area contributed by atoms with Crippen LogP contribution in [0.15, 0.2) is 36.4 Å². The van der Waals surface area contributed by atoms with Gasteiger partial charge in [0.15, 0.2) is 0 Å². The van der Waals surface area contributed by atoms with Gasteiger partial charge in [-0.3, -0.25) is 4.79 Å². The normalized spacial score (nSPS) is 15.2. The minimum absolute atomic E-state index is 0.0273. The molecule has 30 heavy (non-hydrogen) atoms. The number of hydrogen-bond donors (Lipinski definition) is 0. The second-order valence-corrected chi connectivity index (χ2v) is 8.62. The van der Waals surface area contributed by atoms with Crippen molar-refractivity contribution < 1.29 is 9.53 Å². The van der Waals surface area contributed by atoms with Crippen LogP contribution in [0.4, 0.5) is 5.69 Å². The van der Waals surface area contributed by atoms with Gasteiger partial charge in [-0.15, -0.1) is 0 Å². The van der Waals surface area contributed by atoms with Gasteiger partial charge in [0.25, 0.3) is 0 Å². The SMILES string of the molecule is CCCOc1cccc(C(CN2CCCC2)N(C(C)=O)c2ccc(Cl)c(Cl)c2C)c1. The van der Waals surface area contributed by atoms with Crippen LogP contribution in [0.5, 0.6) is 5.75 Å². The summed E-state index contributed by atoms with van der Waals surface area (Å²) < 4.78 is 5.86. The van der Waals surface area contributed by atoms with Crippen molar-refractivity contribution in [2.75, 3.05) is 31.1 Å². The Kier molecular flexibility index (Phi) is 8.04. The molecule has 162 valence electrons. The molecular formula is C24H30Cl2N2O2. The van der Waals surface area contributed by atoms with Crippen molar-refractivity contribution in [1.82, 2.24) is 4.90 Å². The number of hydrogen-bond acceptors (Lipinski definition) is 3. The number of anilines is 1. The lowest BCUT2D eigenvalue weighted by Crippen LogP contribution is -2.40. The Morgan fingerprint density at radius 2 is 1.93 bits per heavy atom. The number of rotatable bonds is 8. The van der Waals surface area contributed by atoms with Crippen LogP contribution in [-0.4, -0.2) is 37.0 Å². The third kappa shape index (κ3) is 5.29. The third-order valence-corrected chi connectivity index (χ3v) is 6.47. The van der Waals surface area contributed by atoms with Gasteiger partial charge < -0.3 is 14.5 Å². The summed E-state index contributed by atoms with van der Waals surface area (Å²) in [5, 5.41) is 0.979. The Labute approximate surface area is 189 Å². The van der Waals surface area contributed by atoms with Gasteiger partial charge in [0.1, 0.15) is 5.75 Å². The zero-order chi connectivity index (χ0) is 21.7. The van der Waals surface area contributed by atoms with E-state index in [1.165, 1.54) is 12.8 Å². The van der Waals surface area contributed by atoms with E-state index >= 15 is 0 Å². The van der Waals surface area contributed by atoms with Crippen LogP contribution in [0.1, 0.15) is 50.3 Å². The molecule has 3 rings (SSSR count). The maximum atomic E-state index is 12.9. The Bertz CT molecular complexity index is 882. The van der Waals surface area contributed by atoms with Crippen LogP contribution < -0.4 is 9.64 Å². The van der Waals surface area contributed by atoms with Gasteiger partial charge in [-0.05, 0) is 74.7 Å². The van der Waals surface area contributed by atoms with Crippen LogP contribution in [-0.2, 0) is 4.79 Å². The Hall–Kier alpha value is -1.75. The average molecular weight is 449 g/mol. The van der Waals surface area contributed by atoms with Crippen LogP contribution >= 0.6 is 23.2 Å². The number of amides is 1. The first kappa shape index (κ1) is 22.9. The molecule has 0 aliphatic carbocycles. The number of ether oxygens (including phenoxy) is 1. The highest BCUT2D eigenvalue weighted by Crippen LogP contribution is 2.38. The highest BCUT2D eigenvalue weighted by atomic mass is 35.5. The van der Waals surface area contributed by atoms with E-state index in [0.29, 0.717) is 16.7 Å². The predicted molar refractivity (Wildman–Crippen MR) is 125 cm³/mol. The first-order valence-corrected chi connectivity index (χ1v) is 11.4. The molecule has 1 aliphatic rings. The molecular weight excluding hydrogens is 419 g/mol. The maximum Gasteiger partial charge on any atom is 0.224 e. The van der Waals surface area contributed by atoms with Crippen molar-refractivity contribution in [3.63, 3.8) is 0 Å². The van der Waals surface area contributed by atoms with Gasteiger partial charge in [-0.2, -0.15) is 0 Å². The van der Waals surface area contributed by atoms with E-state index in [9.17, 15) is 4.79 Å². The van der Waals surface area contributed by atoms with E-state index in [1.807, 2.05) is 30.0 Å². The fourth-order valence-electron chi connectivity index (χ4n) is 4.04. The number of halogens is 2. The largest absolute Gasteiger partial charge is 0.494 e. The van der Waals surface area contributed by atoms with Gasteiger partial charge in [0.2, 0.25) is 5.91 Å². The lowest BCUT2D eigenvalue weighted by Gasteiger charge is -2.35. The molecule has 6 heteroatoms. The summed E-state index contributed by atoms with van der Waals surface area (Å²) in [4.78, 5) is 17.2. The van der Waals surface area contributed by atoms with Gasteiger partial charge in [0, 0.05) is 19.2 Å². The Morgan fingerprint density at radius 1 is 1.20 bits per heavy atom. The molecule has 1 aliphatic heterocycles. The van der Waals surface area contributed by atoms with Gasteiger partial charge in [-0.1, -0.05) is 42.3 Å². The van der Waals surface area contributed by atoms with Crippen LogP contribution in [0.25, 0.3) is 0 Å². The molecule has 0 saturated carbocycles. The minimum Gasteiger partial charge on any atom is -0.494 e. The number of carbonyl (C=O) groups excluding carboxylic acids is 1. The summed E-state index contributed by atoms with van der Waals surface area (Å²) >= 11 is 12.6. The lowest BCUT2D eigenvalue weighted by molar-refractivity contribution is -0.117. The number of carbonyl (C=O) groups is 1.